The molecule has 1 atom stereocenters. The predicted molar refractivity (Wildman–Crippen MR) is 41.5 cm³/mol. The second kappa shape index (κ2) is 3.21. The number of nitrogens with two attached hydrogens (primary N) is 1. The van der Waals surface area contributed by atoms with Crippen LogP contribution in [0.4, 0.5) is 0 Å². The second-order valence-corrected chi connectivity index (χ2v) is 2.98. The van der Waals surface area contributed by atoms with Gasteiger partial charge in [0.25, 0.3) is 0 Å². The molecule has 0 aromatic rings. The quantitative estimate of drug-likeness (QED) is 0.625. The lowest BCUT2D eigenvalue weighted by molar-refractivity contribution is -0.126. The highest BCUT2D eigenvalue weighted by Gasteiger charge is 2.32. The molecule has 0 heterocycles. The maximum absolute atomic E-state index is 10.8. The van der Waals surface area contributed by atoms with Gasteiger partial charge in [0.05, 0.1) is 0 Å². The molecule has 0 aliphatic carbocycles. The largest absolute Gasteiger partial charge is 0.368 e. The SMILES string of the molecule is CCC(C)(C(N)=O)N(C)Cl. The first kappa shape index (κ1) is 9.72. The summed E-state index contributed by atoms with van der Waals surface area (Å²) < 4.78 is 1.31. The van der Waals surface area contributed by atoms with Crippen molar-refractivity contribution in [1.82, 2.24) is 4.42 Å². The van der Waals surface area contributed by atoms with Gasteiger partial charge < -0.3 is 5.73 Å². The molecule has 1 amide bonds. The highest BCUT2D eigenvalue weighted by atomic mass is 35.5. The van der Waals surface area contributed by atoms with E-state index in [0.717, 1.165) is 0 Å². The Hall–Kier alpha value is -0.280. The second-order valence-electron chi connectivity index (χ2n) is 2.47. The van der Waals surface area contributed by atoms with E-state index in [1.54, 1.807) is 14.0 Å². The molecule has 0 radical (unpaired) electrons. The lowest BCUT2D eigenvalue weighted by Gasteiger charge is -2.29. The minimum Gasteiger partial charge on any atom is -0.368 e. The molecule has 10 heavy (non-hydrogen) atoms. The molecule has 60 valence electrons. The molecule has 0 aromatic heterocycles. The first-order valence-corrected chi connectivity index (χ1v) is 3.48. The first-order chi connectivity index (χ1) is 4.45. The Morgan fingerprint density at radius 1 is 1.80 bits per heavy atom. The van der Waals surface area contributed by atoms with E-state index in [-0.39, 0.29) is 0 Å². The zero-order valence-corrected chi connectivity index (χ0v) is 7.27. The van der Waals surface area contributed by atoms with Gasteiger partial charge in [-0.05, 0) is 25.1 Å². The van der Waals surface area contributed by atoms with Crippen LogP contribution in [-0.4, -0.2) is 22.9 Å². The Balaban J connectivity index is 4.38. The Labute approximate surface area is 66.2 Å². The van der Waals surface area contributed by atoms with Crippen LogP contribution in [0.25, 0.3) is 0 Å². The van der Waals surface area contributed by atoms with Crippen molar-refractivity contribution in [3.05, 3.63) is 0 Å². The monoisotopic (exact) mass is 164 g/mol. The topological polar surface area (TPSA) is 46.3 Å². The van der Waals surface area contributed by atoms with Crippen LogP contribution in [0, 0.1) is 0 Å². The van der Waals surface area contributed by atoms with Crippen LogP contribution in [0.5, 0.6) is 0 Å². The summed E-state index contributed by atoms with van der Waals surface area (Å²) in [6.07, 6.45) is 0.613. The Bertz CT molecular complexity index is 138. The lowest BCUT2D eigenvalue weighted by Crippen LogP contribution is -2.49. The fraction of sp³-hybridized carbons (Fsp3) is 0.833. The van der Waals surface area contributed by atoms with Crippen molar-refractivity contribution in [2.75, 3.05) is 7.05 Å². The summed E-state index contributed by atoms with van der Waals surface area (Å²) in [5, 5.41) is 0. The Morgan fingerprint density at radius 3 is 2.20 bits per heavy atom. The molecule has 0 aliphatic heterocycles. The van der Waals surface area contributed by atoms with Crippen molar-refractivity contribution in [3.8, 4) is 0 Å². The third-order valence-electron chi connectivity index (χ3n) is 1.90. The van der Waals surface area contributed by atoms with Gasteiger partial charge in [-0.25, -0.2) is 4.42 Å². The van der Waals surface area contributed by atoms with Gasteiger partial charge in [0.15, 0.2) is 0 Å². The number of carbonyl (C=O) groups excluding carboxylic acids is 1. The van der Waals surface area contributed by atoms with E-state index in [9.17, 15) is 4.79 Å². The van der Waals surface area contributed by atoms with Crippen molar-refractivity contribution in [1.29, 1.82) is 0 Å². The smallest absolute Gasteiger partial charge is 0.238 e. The molecule has 1 unspecified atom stereocenters. The van der Waals surface area contributed by atoms with Gasteiger partial charge in [0.2, 0.25) is 5.91 Å². The number of hydrogen-bond donors (Lipinski definition) is 1. The molecular weight excluding hydrogens is 152 g/mol. The molecule has 0 saturated heterocycles. The van der Waals surface area contributed by atoms with Crippen LogP contribution in [-0.2, 0) is 4.79 Å². The van der Waals surface area contributed by atoms with Crippen molar-refractivity contribution in [2.45, 2.75) is 25.8 Å². The minimum atomic E-state index is -0.721. The Kier molecular flexibility index (Phi) is 3.12. The number of amides is 1. The zero-order chi connectivity index (χ0) is 8.36. The van der Waals surface area contributed by atoms with E-state index in [0.29, 0.717) is 6.42 Å². The van der Waals surface area contributed by atoms with Crippen molar-refractivity contribution in [3.63, 3.8) is 0 Å². The molecule has 0 aliphatic rings. The van der Waals surface area contributed by atoms with Gasteiger partial charge in [-0.2, -0.15) is 0 Å². The van der Waals surface area contributed by atoms with Crippen molar-refractivity contribution >= 4 is 17.7 Å². The third kappa shape index (κ3) is 1.61. The van der Waals surface area contributed by atoms with Crippen LogP contribution in [0.1, 0.15) is 20.3 Å². The van der Waals surface area contributed by atoms with Crippen LogP contribution < -0.4 is 5.73 Å². The van der Waals surface area contributed by atoms with E-state index in [1.807, 2.05) is 6.92 Å². The maximum Gasteiger partial charge on any atom is 0.238 e. The summed E-state index contributed by atoms with van der Waals surface area (Å²) in [5.74, 6) is -0.396. The molecular formula is C6H13ClN2O. The maximum atomic E-state index is 10.8. The third-order valence-corrected chi connectivity index (χ3v) is 2.27. The van der Waals surface area contributed by atoms with Gasteiger partial charge in [-0.3, -0.25) is 4.79 Å². The minimum absolute atomic E-state index is 0.396. The van der Waals surface area contributed by atoms with Crippen molar-refractivity contribution < 1.29 is 4.79 Å². The van der Waals surface area contributed by atoms with Crippen LogP contribution in [0.3, 0.4) is 0 Å². The summed E-state index contributed by atoms with van der Waals surface area (Å²) >= 11 is 5.61. The van der Waals surface area contributed by atoms with E-state index in [1.165, 1.54) is 4.42 Å². The van der Waals surface area contributed by atoms with E-state index in [2.05, 4.69) is 0 Å². The lowest BCUT2D eigenvalue weighted by atomic mass is 9.99. The summed E-state index contributed by atoms with van der Waals surface area (Å²) in [4.78, 5) is 10.8. The molecule has 4 heteroatoms. The molecule has 0 fully saturated rings. The van der Waals surface area contributed by atoms with Crippen LogP contribution in [0.15, 0.2) is 0 Å². The first-order valence-electron chi connectivity index (χ1n) is 3.14. The average Bonchev–Trinajstić information content (AvgIpc) is 1.85. The fourth-order valence-electron chi connectivity index (χ4n) is 0.544. The summed E-state index contributed by atoms with van der Waals surface area (Å²) in [6.45, 7) is 3.58. The molecule has 0 saturated carbocycles. The van der Waals surface area contributed by atoms with Gasteiger partial charge in [0, 0.05) is 7.05 Å². The number of likely N-dealkylation sites (N-methyl/N-ethyl adjacent to an activating group) is 1. The normalized spacial score (nSPS) is 16.9. The van der Waals surface area contributed by atoms with Gasteiger partial charge in [-0.1, -0.05) is 6.92 Å². The number of halogens is 1. The highest BCUT2D eigenvalue weighted by Crippen LogP contribution is 2.18. The van der Waals surface area contributed by atoms with Crippen LogP contribution in [0.2, 0.25) is 0 Å². The standard InChI is InChI=1S/C6H13ClN2O/c1-4-6(2,5(8)10)9(3)7/h4H2,1-3H3,(H2,8,10). The van der Waals surface area contributed by atoms with Gasteiger partial charge >= 0.3 is 0 Å². The summed E-state index contributed by atoms with van der Waals surface area (Å²) in [6, 6.07) is 0. The van der Waals surface area contributed by atoms with E-state index in [4.69, 9.17) is 17.5 Å². The number of primary amides is 1. The molecule has 0 rings (SSSR count). The van der Waals surface area contributed by atoms with Crippen LogP contribution >= 0.6 is 11.8 Å². The molecule has 0 bridgehead atoms. The highest BCUT2D eigenvalue weighted by molar-refractivity contribution is 6.15. The predicted octanol–water partition coefficient (Wildman–Crippen LogP) is 0.726. The van der Waals surface area contributed by atoms with E-state index >= 15 is 0 Å². The number of rotatable bonds is 3. The van der Waals surface area contributed by atoms with Crippen molar-refractivity contribution in [2.24, 2.45) is 5.73 Å². The summed E-state index contributed by atoms with van der Waals surface area (Å²) in [5.41, 5.74) is 4.40. The number of hydrogen-bond acceptors (Lipinski definition) is 2. The molecule has 0 aromatic carbocycles. The average molecular weight is 165 g/mol. The molecule has 2 N–H and O–H groups in total. The zero-order valence-electron chi connectivity index (χ0n) is 6.52. The molecule has 0 spiro atoms. The fourth-order valence-corrected chi connectivity index (χ4v) is 0.747. The molecule has 3 nitrogen and oxygen atoms in total. The van der Waals surface area contributed by atoms with Gasteiger partial charge in [-0.15, -0.1) is 0 Å². The van der Waals surface area contributed by atoms with Gasteiger partial charge in [0.1, 0.15) is 5.54 Å². The Morgan fingerprint density at radius 2 is 2.20 bits per heavy atom. The number of carbonyl (C=O) groups is 1. The van der Waals surface area contributed by atoms with E-state index < -0.39 is 11.4 Å². The number of nitrogens with zero attached hydrogens (tertiary/aromatic N) is 1. The summed E-state index contributed by atoms with van der Waals surface area (Å²) in [7, 11) is 1.62.